The van der Waals surface area contributed by atoms with Gasteiger partial charge in [-0.1, -0.05) is 12.1 Å². The highest BCUT2D eigenvalue weighted by atomic mass is 16.3. The largest absolute Gasteiger partial charge is 0.396 e. The van der Waals surface area contributed by atoms with Crippen molar-refractivity contribution in [1.29, 1.82) is 0 Å². The molecule has 1 amide bonds. The normalized spacial score (nSPS) is 12.6. The number of fused-ring (bicyclic) bond motifs is 1. The van der Waals surface area contributed by atoms with E-state index in [1.807, 2.05) is 38.2 Å². The number of amides is 1. The van der Waals surface area contributed by atoms with Gasteiger partial charge in [-0.3, -0.25) is 4.79 Å². The number of rotatable bonds is 5. The maximum Gasteiger partial charge on any atom is 0.224 e. The first-order valence-corrected chi connectivity index (χ1v) is 6.57. The smallest absolute Gasteiger partial charge is 0.224 e. The molecule has 1 heterocycles. The van der Waals surface area contributed by atoms with E-state index >= 15 is 0 Å². The van der Waals surface area contributed by atoms with Crippen molar-refractivity contribution in [1.82, 2.24) is 10.3 Å². The van der Waals surface area contributed by atoms with E-state index < -0.39 is 0 Å². The van der Waals surface area contributed by atoms with Gasteiger partial charge in [0.2, 0.25) is 5.91 Å². The molecular formula is C15H20N2O2. The number of aliphatic hydroxyl groups is 1. The van der Waals surface area contributed by atoms with Crippen LogP contribution >= 0.6 is 0 Å². The predicted octanol–water partition coefficient (Wildman–Crippen LogP) is 1.91. The number of aliphatic hydroxyl groups excluding tert-OH is 1. The second-order valence-electron chi connectivity index (χ2n) is 4.97. The van der Waals surface area contributed by atoms with Crippen LogP contribution in [0.4, 0.5) is 0 Å². The standard InChI is InChI=1S/C15H20N2O2/c1-10-4-3-5-13-15(10)12(9-16-13)8-14(19)17-11(2)6-7-18/h3-5,9,11,16,18H,6-8H2,1-2H3,(H,17,19). The van der Waals surface area contributed by atoms with Crippen molar-refractivity contribution >= 4 is 16.8 Å². The number of nitrogens with one attached hydrogen (secondary N) is 2. The van der Waals surface area contributed by atoms with Crippen LogP contribution in [-0.2, 0) is 11.2 Å². The van der Waals surface area contributed by atoms with Gasteiger partial charge in [0.1, 0.15) is 0 Å². The Kier molecular flexibility index (Phi) is 4.22. The molecule has 0 bridgehead atoms. The van der Waals surface area contributed by atoms with E-state index in [1.165, 1.54) is 5.56 Å². The van der Waals surface area contributed by atoms with Gasteiger partial charge in [0.05, 0.1) is 6.42 Å². The van der Waals surface area contributed by atoms with Gasteiger partial charge in [-0.05, 0) is 37.5 Å². The molecular weight excluding hydrogens is 240 g/mol. The van der Waals surface area contributed by atoms with Crippen LogP contribution in [0.15, 0.2) is 24.4 Å². The first-order valence-electron chi connectivity index (χ1n) is 6.57. The molecule has 3 N–H and O–H groups in total. The van der Waals surface area contributed by atoms with Crippen molar-refractivity contribution in [2.24, 2.45) is 0 Å². The number of carbonyl (C=O) groups is 1. The molecule has 0 fully saturated rings. The summed E-state index contributed by atoms with van der Waals surface area (Å²) in [6, 6.07) is 6.06. The van der Waals surface area contributed by atoms with Crippen LogP contribution < -0.4 is 5.32 Å². The molecule has 2 rings (SSSR count). The van der Waals surface area contributed by atoms with Crippen molar-refractivity contribution < 1.29 is 9.90 Å². The Bertz CT molecular complexity index is 575. The molecule has 1 aromatic heterocycles. The minimum atomic E-state index is -0.00916. The molecule has 0 spiro atoms. The summed E-state index contributed by atoms with van der Waals surface area (Å²) >= 11 is 0. The Balaban J connectivity index is 2.11. The van der Waals surface area contributed by atoms with Crippen molar-refractivity contribution in [3.63, 3.8) is 0 Å². The molecule has 0 saturated carbocycles. The molecule has 1 aromatic carbocycles. The molecule has 4 nitrogen and oxygen atoms in total. The zero-order valence-electron chi connectivity index (χ0n) is 11.4. The number of hydrogen-bond donors (Lipinski definition) is 3. The van der Waals surface area contributed by atoms with Gasteiger partial charge in [0.15, 0.2) is 0 Å². The van der Waals surface area contributed by atoms with Crippen LogP contribution in [0.1, 0.15) is 24.5 Å². The molecule has 4 heteroatoms. The third kappa shape index (κ3) is 3.15. The lowest BCUT2D eigenvalue weighted by molar-refractivity contribution is -0.121. The van der Waals surface area contributed by atoms with Crippen LogP contribution in [0.25, 0.3) is 10.9 Å². The summed E-state index contributed by atoms with van der Waals surface area (Å²) in [5.74, 6) is -0.00916. The number of benzene rings is 1. The van der Waals surface area contributed by atoms with Crippen molar-refractivity contribution in [3.05, 3.63) is 35.5 Å². The summed E-state index contributed by atoms with van der Waals surface area (Å²) in [7, 11) is 0. The van der Waals surface area contributed by atoms with Gasteiger partial charge in [0, 0.05) is 29.7 Å². The number of hydrogen-bond acceptors (Lipinski definition) is 2. The molecule has 19 heavy (non-hydrogen) atoms. The Morgan fingerprint density at radius 2 is 2.26 bits per heavy atom. The van der Waals surface area contributed by atoms with E-state index in [0.29, 0.717) is 12.8 Å². The van der Waals surface area contributed by atoms with Crippen LogP contribution in [0.3, 0.4) is 0 Å². The lowest BCUT2D eigenvalue weighted by Gasteiger charge is -2.12. The monoisotopic (exact) mass is 260 g/mol. The minimum absolute atomic E-state index is 0.00352. The molecule has 102 valence electrons. The highest BCUT2D eigenvalue weighted by molar-refractivity contribution is 5.91. The third-order valence-corrected chi connectivity index (χ3v) is 3.32. The first kappa shape index (κ1) is 13.6. The maximum atomic E-state index is 11.9. The quantitative estimate of drug-likeness (QED) is 0.769. The van der Waals surface area contributed by atoms with Gasteiger partial charge >= 0.3 is 0 Å². The minimum Gasteiger partial charge on any atom is -0.396 e. The SMILES string of the molecule is Cc1cccc2[nH]cc(CC(=O)NC(C)CCO)c12. The highest BCUT2D eigenvalue weighted by Crippen LogP contribution is 2.22. The number of aromatic amines is 1. The first-order chi connectivity index (χ1) is 9.11. The molecule has 0 aliphatic carbocycles. The summed E-state index contributed by atoms with van der Waals surface area (Å²) in [4.78, 5) is 15.1. The van der Waals surface area contributed by atoms with Crippen LogP contribution in [0.2, 0.25) is 0 Å². The van der Waals surface area contributed by atoms with Crippen LogP contribution in [-0.4, -0.2) is 28.6 Å². The lowest BCUT2D eigenvalue weighted by Crippen LogP contribution is -2.34. The molecule has 0 aliphatic rings. The van der Waals surface area contributed by atoms with Gasteiger partial charge in [-0.15, -0.1) is 0 Å². The van der Waals surface area contributed by atoms with E-state index in [0.717, 1.165) is 16.5 Å². The van der Waals surface area contributed by atoms with E-state index in [4.69, 9.17) is 5.11 Å². The average molecular weight is 260 g/mol. The number of aryl methyl sites for hydroxylation is 1. The number of carbonyl (C=O) groups excluding carboxylic acids is 1. The second kappa shape index (κ2) is 5.89. The molecule has 1 unspecified atom stereocenters. The summed E-state index contributed by atoms with van der Waals surface area (Å²) < 4.78 is 0. The van der Waals surface area contributed by atoms with E-state index in [2.05, 4.69) is 10.3 Å². The molecule has 0 aliphatic heterocycles. The van der Waals surface area contributed by atoms with Crippen molar-refractivity contribution in [2.75, 3.05) is 6.61 Å². The Morgan fingerprint density at radius 3 is 3.00 bits per heavy atom. The van der Waals surface area contributed by atoms with E-state index in [9.17, 15) is 4.79 Å². The lowest BCUT2D eigenvalue weighted by atomic mass is 10.1. The van der Waals surface area contributed by atoms with E-state index in [-0.39, 0.29) is 18.6 Å². The molecule has 2 aromatic rings. The zero-order valence-corrected chi connectivity index (χ0v) is 11.4. The van der Waals surface area contributed by atoms with Gasteiger partial charge in [-0.25, -0.2) is 0 Å². The highest BCUT2D eigenvalue weighted by Gasteiger charge is 2.12. The molecule has 1 atom stereocenters. The van der Waals surface area contributed by atoms with Gasteiger partial charge < -0.3 is 15.4 Å². The zero-order chi connectivity index (χ0) is 13.8. The summed E-state index contributed by atoms with van der Waals surface area (Å²) in [5.41, 5.74) is 3.25. The van der Waals surface area contributed by atoms with Crippen LogP contribution in [0.5, 0.6) is 0 Å². The third-order valence-electron chi connectivity index (χ3n) is 3.32. The maximum absolute atomic E-state index is 11.9. The topological polar surface area (TPSA) is 65.1 Å². The summed E-state index contributed by atoms with van der Waals surface area (Å²) in [5, 5.41) is 12.8. The van der Waals surface area contributed by atoms with Crippen molar-refractivity contribution in [3.8, 4) is 0 Å². The fraction of sp³-hybridized carbons (Fsp3) is 0.400. The fourth-order valence-electron chi connectivity index (χ4n) is 2.36. The van der Waals surface area contributed by atoms with Gasteiger partial charge in [0.25, 0.3) is 0 Å². The summed E-state index contributed by atoms with van der Waals surface area (Å²) in [6.45, 7) is 4.04. The summed E-state index contributed by atoms with van der Waals surface area (Å²) in [6.07, 6.45) is 2.84. The number of aromatic nitrogens is 1. The van der Waals surface area contributed by atoms with Gasteiger partial charge in [-0.2, -0.15) is 0 Å². The molecule has 0 radical (unpaired) electrons. The average Bonchev–Trinajstić information content (AvgIpc) is 2.74. The molecule has 0 saturated heterocycles. The van der Waals surface area contributed by atoms with Crippen molar-refractivity contribution in [2.45, 2.75) is 32.7 Å². The Hall–Kier alpha value is -1.81. The Morgan fingerprint density at radius 1 is 1.47 bits per heavy atom. The second-order valence-corrected chi connectivity index (χ2v) is 4.97. The van der Waals surface area contributed by atoms with Crippen LogP contribution in [0, 0.1) is 6.92 Å². The number of H-pyrrole nitrogens is 1. The fourth-order valence-corrected chi connectivity index (χ4v) is 2.36. The Labute approximate surface area is 112 Å². The van der Waals surface area contributed by atoms with E-state index in [1.54, 1.807) is 0 Å². The predicted molar refractivity (Wildman–Crippen MR) is 76.0 cm³/mol.